The Kier molecular flexibility index (Phi) is 5.08. The van der Waals surface area contributed by atoms with Crippen molar-refractivity contribution in [1.29, 1.82) is 0 Å². The summed E-state index contributed by atoms with van der Waals surface area (Å²) in [6.07, 6.45) is -1.09. The van der Waals surface area contributed by atoms with E-state index in [1.807, 2.05) is 41.5 Å². The molecule has 0 saturated heterocycles. The molecule has 0 aromatic carbocycles. The van der Waals surface area contributed by atoms with Crippen molar-refractivity contribution in [2.75, 3.05) is 0 Å². The van der Waals surface area contributed by atoms with E-state index >= 15 is 0 Å². The fraction of sp³-hybridized carbons (Fsp3) is 0.857. The van der Waals surface area contributed by atoms with Crippen molar-refractivity contribution in [3.05, 3.63) is 0 Å². The first-order valence-electron chi connectivity index (χ1n) is 6.11. The molecule has 17 heavy (non-hydrogen) atoms. The number of carbonyl (C=O) groups is 2. The standard InChI is InChI=1S/C14H26O3/c1-9(11(15)13(3,4)5)17-10(2)12(16)14(6,7)8/h9-10H,1-8H3. The molecule has 2 unspecified atom stereocenters. The molecule has 0 amide bonds. The van der Waals surface area contributed by atoms with Gasteiger partial charge in [0, 0.05) is 10.8 Å². The number of ketones is 2. The van der Waals surface area contributed by atoms with Gasteiger partial charge in [-0.25, -0.2) is 0 Å². The Morgan fingerprint density at radius 3 is 1.18 bits per heavy atom. The van der Waals surface area contributed by atoms with Crippen molar-refractivity contribution >= 4 is 11.6 Å². The number of Topliss-reactive ketones (excluding diaryl/α,β-unsaturated/α-hetero) is 2. The maximum Gasteiger partial charge on any atom is 0.166 e. The Hall–Kier alpha value is -0.700. The van der Waals surface area contributed by atoms with Gasteiger partial charge < -0.3 is 4.74 Å². The molecule has 3 heteroatoms. The smallest absolute Gasteiger partial charge is 0.166 e. The fourth-order valence-corrected chi connectivity index (χ4v) is 1.65. The lowest BCUT2D eigenvalue weighted by molar-refractivity contribution is -0.149. The third-order valence-corrected chi connectivity index (χ3v) is 2.63. The monoisotopic (exact) mass is 242 g/mol. The van der Waals surface area contributed by atoms with Gasteiger partial charge in [-0.05, 0) is 13.8 Å². The topological polar surface area (TPSA) is 43.4 Å². The largest absolute Gasteiger partial charge is 0.360 e. The number of ether oxygens (including phenoxy) is 1. The van der Waals surface area contributed by atoms with Crippen LogP contribution in [0.15, 0.2) is 0 Å². The van der Waals surface area contributed by atoms with Crippen molar-refractivity contribution in [3.63, 3.8) is 0 Å². The van der Waals surface area contributed by atoms with E-state index in [0.29, 0.717) is 0 Å². The summed E-state index contributed by atoms with van der Waals surface area (Å²) in [5, 5.41) is 0. The molecule has 100 valence electrons. The SMILES string of the molecule is CC(OC(C)C(=O)C(C)(C)C)C(=O)C(C)(C)C. The summed E-state index contributed by atoms with van der Waals surface area (Å²) in [6.45, 7) is 14.5. The quantitative estimate of drug-likeness (QED) is 0.761. The summed E-state index contributed by atoms with van der Waals surface area (Å²) in [5.41, 5.74) is -0.881. The van der Waals surface area contributed by atoms with Gasteiger partial charge in [0.25, 0.3) is 0 Å². The molecule has 0 radical (unpaired) electrons. The van der Waals surface area contributed by atoms with Crippen molar-refractivity contribution in [1.82, 2.24) is 0 Å². The average molecular weight is 242 g/mol. The number of carbonyl (C=O) groups excluding carboxylic acids is 2. The highest BCUT2D eigenvalue weighted by Crippen LogP contribution is 2.22. The predicted octanol–water partition coefficient (Wildman–Crippen LogP) is 3.01. The maximum atomic E-state index is 11.9. The molecule has 0 fully saturated rings. The Labute approximate surface area is 105 Å². The van der Waals surface area contributed by atoms with Crippen LogP contribution in [0.5, 0.6) is 0 Å². The first kappa shape index (κ1) is 16.3. The van der Waals surface area contributed by atoms with Crippen LogP contribution in [0.2, 0.25) is 0 Å². The van der Waals surface area contributed by atoms with E-state index in [0.717, 1.165) is 0 Å². The van der Waals surface area contributed by atoms with Gasteiger partial charge in [-0.3, -0.25) is 9.59 Å². The molecular weight excluding hydrogens is 216 g/mol. The van der Waals surface area contributed by atoms with Gasteiger partial charge in [0.05, 0.1) is 0 Å². The average Bonchev–Trinajstić information content (AvgIpc) is 2.12. The van der Waals surface area contributed by atoms with Gasteiger partial charge in [0.1, 0.15) is 12.2 Å². The summed E-state index contributed by atoms with van der Waals surface area (Å²) in [6, 6.07) is 0. The van der Waals surface area contributed by atoms with Crippen LogP contribution < -0.4 is 0 Å². The van der Waals surface area contributed by atoms with Crippen LogP contribution in [0.1, 0.15) is 55.4 Å². The summed E-state index contributed by atoms with van der Waals surface area (Å²) in [7, 11) is 0. The highest BCUT2D eigenvalue weighted by Gasteiger charge is 2.32. The van der Waals surface area contributed by atoms with E-state index in [1.165, 1.54) is 0 Å². The third kappa shape index (κ3) is 4.99. The Morgan fingerprint density at radius 2 is 1.00 bits per heavy atom. The first-order valence-corrected chi connectivity index (χ1v) is 6.11. The molecule has 0 N–H and O–H groups in total. The van der Waals surface area contributed by atoms with E-state index < -0.39 is 23.0 Å². The zero-order valence-corrected chi connectivity index (χ0v) is 12.4. The lowest BCUT2D eigenvalue weighted by atomic mass is 9.86. The minimum atomic E-state index is -0.545. The summed E-state index contributed by atoms with van der Waals surface area (Å²) < 4.78 is 5.53. The minimum Gasteiger partial charge on any atom is -0.360 e. The number of hydrogen-bond acceptors (Lipinski definition) is 3. The van der Waals surface area contributed by atoms with Crippen LogP contribution in [-0.4, -0.2) is 23.8 Å². The molecule has 0 rings (SSSR count). The highest BCUT2D eigenvalue weighted by molar-refractivity contribution is 5.90. The highest BCUT2D eigenvalue weighted by atomic mass is 16.5. The molecule has 0 aromatic rings. The molecule has 0 heterocycles. The third-order valence-electron chi connectivity index (χ3n) is 2.63. The Morgan fingerprint density at radius 1 is 0.765 bits per heavy atom. The van der Waals surface area contributed by atoms with Crippen molar-refractivity contribution in [3.8, 4) is 0 Å². The fourth-order valence-electron chi connectivity index (χ4n) is 1.65. The van der Waals surface area contributed by atoms with Gasteiger partial charge >= 0.3 is 0 Å². The molecule has 0 aliphatic carbocycles. The Balaban J connectivity index is 4.56. The maximum absolute atomic E-state index is 11.9. The van der Waals surface area contributed by atoms with Gasteiger partial charge in [-0.15, -0.1) is 0 Å². The molecule has 0 aliphatic rings. The molecule has 0 spiro atoms. The van der Waals surface area contributed by atoms with Gasteiger partial charge in [-0.1, -0.05) is 41.5 Å². The molecule has 0 bridgehead atoms. The van der Waals surface area contributed by atoms with Crippen LogP contribution >= 0.6 is 0 Å². The summed E-state index contributed by atoms with van der Waals surface area (Å²) >= 11 is 0. The second kappa shape index (κ2) is 5.30. The van der Waals surface area contributed by atoms with Crippen LogP contribution in [0.25, 0.3) is 0 Å². The van der Waals surface area contributed by atoms with E-state index in [1.54, 1.807) is 13.8 Å². The van der Waals surface area contributed by atoms with Crippen LogP contribution in [0.4, 0.5) is 0 Å². The summed E-state index contributed by atoms with van der Waals surface area (Å²) in [5.74, 6) is 0.0390. The Bertz CT molecular complexity index is 262. The zero-order chi connectivity index (χ0) is 14.0. The van der Waals surface area contributed by atoms with Gasteiger partial charge in [-0.2, -0.15) is 0 Å². The van der Waals surface area contributed by atoms with Crippen LogP contribution in [0.3, 0.4) is 0 Å². The second-order valence-electron chi connectivity index (χ2n) is 6.65. The van der Waals surface area contributed by atoms with E-state index in [9.17, 15) is 9.59 Å². The van der Waals surface area contributed by atoms with E-state index in [2.05, 4.69) is 0 Å². The lowest BCUT2D eigenvalue weighted by Crippen LogP contribution is -2.39. The first-order chi connectivity index (χ1) is 7.37. The lowest BCUT2D eigenvalue weighted by Gasteiger charge is -2.27. The van der Waals surface area contributed by atoms with Crippen molar-refractivity contribution in [2.45, 2.75) is 67.6 Å². The van der Waals surface area contributed by atoms with Crippen LogP contribution in [-0.2, 0) is 14.3 Å². The number of rotatable bonds is 4. The molecule has 0 saturated carbocycles. The van der Waals surface area contributed by atoms with Gasteiger partial charge in [0.2, 0.25) is 0 Å². The molecule has 3 nitrogen and oxygen atoms in total. The normalized spacial score (nSPS) is 16.5. The molecule has 2 atom stereocenters. The molecular formula is C14H26O3. The van der Waals surface area contributed by atoms with E-state index in [-0.39, 0.29) is 11.6 Å². The molecule has 0 aromatic heterocycles. The van der Waals surface area contributed by atoms with Crippen LogP contribution in [0, 0.1) is 10.8 Å². The second-order valence-corrected chi connectivity index (χ2v) is 6.65. The van der Waals surface area contributed by atoms with E-state index in [4.69, 9.17) is 4.74 Å². The summed E-state index contributed by atoms with van der Waals surface area (Å²) in [4.78, 5) is 23.9. The zero-order valence-electron chi connectivity index (χ0n) is 12.4. The predicted molar refractivity (Wildman–Crippen MR) is 68.9 cm³/mol. The van der Waals surface area contributed by atoms with Gasteiger partial charge in [0.15, 0.2) is 11.6 Å². The van der Waals surface area contributed by atoms with Crippen molar-refractivity contribution in [2.24, 2.45) is 10.8 Å². The molecule has 0 aliphatic heterocycles. The van der Waals surface area contributed by atoms with Crippen molar-refractivity contribution < 1.29 is 14.3 Å². The number of hydrogen-bond donors (Lipinski definition) is 0. The minimum absolute atomic E-state index is 0.0195.